The van der Waals surface area contributed by atoms with E-state index in [9.17, 15) is 14.4 Å². The van der Waals surface area contributed by atoms with Crippen molar-refractivity contribution in [2.45, 2.75) is 25.3 Å². The second kappa shape index (κ2) is 6.64. The number of aromatic nitrogens is 2. The van der Waals surface area contributed by atoms with Gasteiger partial charge in [-0.3, -0.25) is 19.0 Å². The minimum Gasteiger partial charge on any atom is -0.481 e. The second-order valence-corrected chi connectivity index (χ2v) is 3.88. The molecule has 0 saturated carbocycles. The Labute approximate surface area is 109 Å². The number of hydrogen-bond donors (Lipinski definition) is 2. The number of carboxylic acid groups (broad SMARTS) is 1. The summed E-state index contributed by atoms with van der Waals surface area (Å²) in [6.45, 7) is 0. The number of methoxy groups -OCH3 is 1. The summed E-state index contributed by atoms with van der Waals surface area (Å²) in [5.41, 5.74) is 6.03. The Bertz CT molecular complexity index is 482. The number of ether oxygens (including phenoxy) is 1. The fourth-order valence-electron chi connectivity index (χ4n) is 1.49. The van der Waals surface area contributed by atoms with Crippen molar-refractivity contribution < 1.29 is 24.2 Å². The molecule has 0 radical (unpaired) electrons. The minimum atomic E-state index is -1.05. The second-order valence-electron chi connectivity index (χ2n) is 3.88. The van der Waals surface area contributed by atoms with Crippen LogP contribution in [0.3, 0.4) is 0 Å². The topological polar surface area (TPSA) is 125 Å². The molecule has 0 aliphatic carbocycles. The maximum absolute atomic E-state index is 11.8. The van der Waals surface area contributed by atoms with Crippen LogP contribution in [0.4, 0.5) is 0 Å². The van der Waals surface area contributed by atoms with Crippen LogP contribution in [-0.2, 0) is 20.7 Å². The van der Waals surface area contributed by atoms with Gasteiger partial charge in [-0.05, 0) is 0 Å². The van der Waals surface area contributed by atoms with Crippen LogP contribution in [-0.4, -0.2) is 45.7 Å². The molecule has 0 aliphatic heterocycles. The summed E-state index contributed by atoms with van der Waals surface area (Å²) < 4.78 is 5.68. The fourth-order valence-corrected chi connectivity index (χ4v) is 1.49. The molecule has 8 heteroatoms. The van der Waals surface area contributed by atoms with Crippen LogP contribution >= 0.6 is 0 Å². The van der Waals surface area contributed by atoms with E-state index < -0.39 is 23.9 Å². The van der Waals surface area contributed by atoms with E-state index >= 15 is 0 Å². The van der Waals surface area contributed by atoms with E-state index in [1.165, 1.54) is 24.2 Å². The lowest BCUT2D eigenvalue weighted by Crippen LogP contribution is -2.34. The zero-order valence-corrected chi connectivity index (χ0v) is 10.4. The van der Waals surface area contributed by atoms with Crippen molar-refractivity contribution in [2.75, 3.05) is 7.11 Å². The molecule has 0 amide bonds. The Hall–Kier alpha value is -2.22. The van der Waals surface area contributed by atoms with E-state index in [0.717, 1.165) is 0 Å². The molecule has 1 rings (SSSR count). The Morgan fingerprint density at radius 2 is 2.16 bits per heavy atom. The molecule has 0 aromatic carbocycles. The number of carboxylic acids is 1. The van der Waals surface area contributed by atoms with Gasteiger partial charge in [0.2, 0.25) is 5.91 Å². The molecule has 1 aromatic rings. The van der Waals surface area contributed by atoms with E-state index in [1.807, 2.05) is 0 Å². The number of nitrogens with two attached hydrogens (primary N) is 1. The summed E-state index contributed by atoms with van der Waals surface area (Å²) in [6, 6.07) is -0.896. The third kappa shape index (κ3) is 4.18. The molecule has 104 valence electrons. The molecule has 0 saturated heterocycles. The van der Waals surface area contributed by atoms with Crippen LogP contribution in [0.2, 0.25) is 0 Å². The summed E-state index contributed by atoms with van der Waals surface area (Å²) in [6.07, 6.45) is 2.35. The fraction of sp³-hybridized carbons (Fsp3) is 0.455. The van der Waals surface area contributed by atoms with Gasteiger partial charge >= 0.3 is 11.9 Å². The van der Waals surface area contributed by atoms with Crippen LogP contribution < -0.4 is 5.73 Å². The van der Waals surface area contributed by atoms with Crippen molar-refractivity contribution in [3.8, 4) is 0 Å². The molecule has 1 atom stereocenters. The average Bonchev–Trinajstić information content (AvgIpc) is 2.82. The maximum Gasteiger partial charge on any atom is 0.323 e. The first-order valence-corrected chi connectivity index (χ1v) is 5.55. The van der Waals surface area contributed by atoms with E-state index in [4.69, 9.17) is 10.8 Å². The average molecular weight is 269 g/mol. The first-order valence-electron chi connectivity index (χ1n) is 5.55. The molecule has 1 heterocycles. The molecule has 0 aliphatic rings. The zero-order chi connectivity index (χ0) is 14.4. The summed E-state index contributed by atoms with van der Waals surface area (Å²) in [7, 11) is 1.22. The van der Waals surface area contributed by atoms with Gasteiger partial charge in [0.1, 0.15) is 12.4 Å². The van der Waals surface area contributed by atoms with Gasteiger partial charge in [-0.2, -0.15) is 0 Å². The number of rotatable bonds is 6. The maximum atomic E-state index is 11.8. The van der Waals surface area contributed by atoms with Gasteiger partial charge in [-0.25, -0.2) is 4.98 Å². The lowest BCUT2D eigenvalue weighted by atomic mass is 10.1. The largest absolute Gasteiger partial charge is 0.481 e. The summed E-state index contributed by atoms with van der Waals surface area (Å²) in [5, 5.41) is 8.52. The van der Waals surface area contributed by atoms with Gasteiger partial charge in [0.05, 0.1) is 13.5 Å². The molecular formula is C11H15N3O5. The third-order valence-corrected chi connectivity index (χ3v) is 2.47. The molecule has 3 N–H and O–H groups in total. The van der Waals surface area contributed by atoms with Crippen molar-refractivity contribution in [1.82, 2.24) is 9.55 Å². The molecule has 8 nitrogen and oxygen atoms in total. The predicted octanol–water partition coefficient (Wildman–Crippen LogP) is -0.569. The first-order chi connectivity index (χ1) is 8.95. The lowest BCUT2D eigenvalue weighted by molar-refractivity contribution is -0.142. The summed E-state index contributed by atoms with van der Waals surface area (Å²) in [5.74, 6) is -2.06. The number of aliphatic carboxylic acids is 1. The van der Waals surface area contributed by atoms with E-state index in [-0.39, 0.29) is 19.3 Å². The molecule has 0 spiro atoms. The predicted molar refractivity (Wildman–Crippen MR) is 63.4 cm³/mol. The lowest BCUT2D eigenvalue weighted by Gasteiger charge is -2.10. The van der Waals surface area contributed by atoms with Gasteiger partial charge < -0.3 is 15.6 Å². The third-order valence-electron chi connectivity index (χ3n) is 2.47. The van der Waals surface area contributed by atoms with E-state index in [2.05, 4.69) is 9.72 Å². The zero-order valence-electron chi connectivity index (χ0n) is 10.4. The van der Waals surface area contributed by atoms with Gasteiger partial charge in [-0.1, -0.05) is 0 Å². The van der Waals surface area contributed by atoms with Gasteiger partial charge in [0, 0.05) is 24.7 Å². The van der Waals surface area contributed by atoms with Crippen molar-refractivity contribution in [3.05, 3.63) is 18.2 Å². The standard InChI is InChI=1S/C11H15N3O5/c1-19-11(18)8(12)4-7-5-13-6-14(7)9(15)2-3-10(16)17/h5-6,8H,2-4,12H2,1H3,(H,16,17)/t8-/m0/s1. The number of esters is 1. The summed E-state index contributed by atoms with van der Waals surface area (Å²) >= 11 is 0. The van der Waals surface area contributed by atoms with Gasteiger partial charge in [0.15, 0.2) is 0 Å². The van der Waals surface area contributed by atoms with Crippen LogP contribution in [0, 0.1) is 0 Å². The van der Waals surface area contributed by atoms with Crippen LogP contribution in [0.5, 0.6) is 0 Å². The van der Waals surface area contributed by atoms with Gasteiger partial charge in [0.25, 0.3) is 0 Å². The number of hydrogen-bond acceptors (Lipinski definition) is 6. The van der Waals surface area contributed by atoms with Crippen LogP contribution in [0.1, 0.15) is 23.3 Å². The number of carbonyl (C=O) groups excluding carboxylic acids is 2. The highest BCUT2D eigenvalue weighted by molar-refractivity contribution is 5.83. The number of carbonyl (C=O) groups is 3. The molecule has 0 unspecified atom stereocenters. The van der Waals surface area contributed by atoms with Crippen molar-refractivity contribution in [3.63, 3.8) is 0 Å². The Morgan fingerprint density at radius 3 is 2.74 bits per heavy atom. The monoisotopic (exact) mass is 269 g/mol. The van der Waals surface area contributed by atoms with Gasteiger partial charge in [-0.15, -0.1) is 0 Å². The molecular weight excluding hydrogens is 254 g/mol. The highest BCUT2D eigenvalue weighted by Crippen LogP contribution is 2.06. The van der Waals surface area contributed by atoms with Crippen molar-refractivity contribution in [2.24, 2.45) is 5.73 Å². The number of nitrogens with zero attached hydrogens (tertiary/aromatic N) is 2. The van der Waals surface area contributed by atoms with Crippen LogP contribution in [0.15, 0.2) is 12.5 Å². The number of imidazole rings is 1. The SMILES string of the molecule is COC(=O)[C@@H](N)Cc1cncn1C(=O)CCC(=O)O. The minimum absolute atomic E-state index is 0.0888. The summed E-state index contributed by atoms with van der Waals surface area (Å²) in [4.78, 5) is 37.2. The first kappa shape index (κ1) is 14.8. The van der Waals surface area contributed by atoms with E-state index in [0.29, 0.717) is 5.69 Å². The Morgan fingerprint density at radius 1 is 1.47 bits per heavy atom. The van der Waals surface area contributed by atoms with E-state index in [1.54, 1.807) is 0 Å². The molecule has 0 fully saturated rings. The molecule has 1 aromatic heterocycles. The Kier molecular flexibility index (Phi) is 5.19. The van der Waals surface area contributed by atoms with Crippen LogP contribution in [0.25, 0.3) is 0 Å². The van der Waals surface area contributed by atoms with Crippen molar-refractivity contribution >= 4 is 17.8 Å². The normalized spacial score (nSPS) is 11.9. The molecule has 19 heavy (non-hydrogen) atoms. The quantitative estimate of drug-likeness (QED) is 0.662. The molecule has 0 bridgehead atoms. The van der Waals surface area contributed by atoms with Crippen molar-refractivity contribution in [1.29, 1.82) is 0 Å². The Balaban J connectivity index is 2.72. The highest BCUT2D eigenvalue weighted by Gasteiger charge is 2.19. The highest BCUT2D eigenvalue weighted by atomic mass is 16.5. The smallest absolute Gasteiger partial charge is 0.323 e.